The van der Waals surface area contributed by atoms with Crippen molar-refractivity contribution in [1.82, 2.24) is 0 Å². The summed E-state index contributed by atoms with van der Waals surface area (Å²) in [6.07, 6.45) is 6.27. The molecule has 0 aromatic heterocycles. The van der Waals surface area contributed by atoms with Crippen molar-refractivity contribution in [2.24, 2.45) is 5.92 Å². The van der Waals surface area contributed by atoms with E-state index in [0.717, 1.165) is 29.2 Å². The van der Waals surface area contributed by atoms with Gasteiger partial charge in [-0.25, -0.2) is 4.79 Å². The van der Waals surface area contributed by atoms with Gasteiger partial charge in [0.15, 0.2) is 0 Å². The number of hydrogen-bond donors (Lipinski definition) is 1. The Labute approximate surface area is 129 Å². The molecule has 1 atom stereocenters. The molecule has 1 aliphatic rings. The molecule has 20 heavy (non-hydrogen) atoms. The number of rotatable bonds is 4. The molecule has 0 spiro atoms. The Hall–Kier alpha value is -1.03. The van der Waals surface area contributed by atoms with E-state index < -0.39 is 5.97 Å². The molecule has 1 aliphatic heterocycles. The summed E-state index contributed by atoms with van der Waals surface area (Å²) in [7, 11) is 0. The molecule has 3 nitrogen and oxygen atoms in total. The first-order valence-electron chi connectivity index (χ1n) is 7.39. The zero-order valence-corrected chi connectivity index (χ0v) is 13.5. The van der Waals surface area contributed by atoms with Gasteiger partial charge in [0.05, 0.1) is 5.56 Å². The zero-order valence-electron chi connectivity index (χ0n) is 11.9. The van der Waals surface area contributed by atoms with E-state index in [4.69, 9.17) is 5.11 Å². The molecule has 1 saturated heterocycles. The van der Waals surface area contributed by atoms with Gasteiger partial charge in [-0.2, -0.15) is 0 Å². The van der Waals surface area contributed by atoms with Crippen LogP contribution in [-0.2, 0) is 0 Å². The standard InChI is InChI=1S/C16H22BrNO2/c1-2-4-12-5-3-7-18(8-6-12)15-10-13(16(19)20)9-14(17)11-15/h9-12H,2-8H2,1H3,(H,19,20). The molecule has 0 aliphatic carbocycles. The molecular weight excluding hydrogens is 318 g/mol. The lowest BCUT2D eigenvalue weighted by atomic mass is 9.96. The number of anilines is 1. The maximum atomic E-state index is 11.2. The van der Waals surface area contributed by atoms with Gasteiger partial charge in [-0.05, 0) is 43.4 Å². The molecule has 0 radical (unpaired) electrons. The highest BCUT2D eigenvalue weighted by Crippen LogP contribution is 2.28. The molecule has 1 unspecified atom stereocenters. The van der Waals surface area contributed by atoms with Gasteiger partial charge in [-0.3, -0.25) is 0 Å². The molecule has 1 aromatic carbocycles. The zero-order chi connectivity index (χ0) is 14.5. The average Bonchev–Trinajstić information content (AvgIpc) is 2.64. The first-order chi connectivity index (χ1) is 9.60. The third kappa shape index (κ3) is 3.98. The molecule has 0 bridgehead atoms. The Bertz CT molecular complexity index is 476. The van der Waals surface area contributed by atoms with Crippen LogP contribution in [-0.4, -0.2) is 24.2 Å². The third-order valence-corrected chi connectivity index (χ3v) is 4.50. The van der Waals surface area contributed by atoms with Crippen molar-refractivity contribution in [2.75, 3.05) is 18.0 Å². The van der Waals surface area contributed by atoms with Crippen molar-refractivity contribution < 1.29 is 9.90 Å². The Kier molecular flexibility index (Phi) is 5.46. The fourth-order valence-electron chi connectivity index (χ4n) is 3.00. The minimum absolute atomic E-state index is 0.351. The van der Waals surface area contributed by atoms with Gasteiger partial charge in [0, 0.05) is 23.2 Å². The van der Waals surface area contributed by atoms with E-state index in [1.165, 1.54) is 32.1 Å². The summed E-state index contributed by atoms with van der Waals surface area (Å²) in [4.78, 5) is 13.5. The first kappa shape index (κ1) is 15.4. The van der Waals surface area contributed by atoms with Crippen LogP contribution in [0.3, 0.4) is 0 Å². The number of carboxylic acids is 1. The summed E-state index contributed by atoms with van der Waals surface area (Å²) in [5.74, 6) is -0.0395. The second-order valence-electron chi connectivity index (χ2n) is 5.58. The van der Waals surface area contributed by atoms with E-state index in [2.05, 4.69) is 27.8 Å². The maximum Gasteiger partial charge on any atom is 0.335 e. The fourth-order valence-corrected chi connectivity index (χ4v) is 3.48. The highest BCUT2D eigenvalue weighted by Gasteiger charge is 2.18. The number of halogens is 1. The van der Waals surface area contributed by atoms with Gasteiger partial charge in [0.1, 0.15) is 0 Å². The number of aromatic carboxylic acids is 1. The van der Waals surface area contributed by atoms with E-state index in [9.17, 15) is 4.79 Å². The van der Waals surface area contributed by atoms with Crippen LogP contribution in [0, 0.1) is 5.92 Å². The summed E-state index contributed by atoms with van der Waals surface area (Å²) in [6, 6.07) is 5.46. The summed E-state index contributed by atoms with van der Waals surface area (Å²) in [6.45, 7) is 4.30. The second kappa shape index (κ2) is 7.11. The van der Waals surface area contributed by atoms with Crippen molar-refractivity contribution in [2.45, 2.75) is 39.0 Å². The number of carboxylic acid groups (broad SMARTS) is 1. The lowest BCUT2D eigenvalue weighted by molar-refractivity contribution is 0.0697. The molecule has 4 heteroatoms. The Morgan fingerprint density at radius 3 is 2.85 bits per heavy atom. The largest absolute Gasteiger partial charge is 0.478 e. The first-order valence-corrected chi connectivity index (χ1v) is 8.18. The van der Waals surface area contributed by atoms with Crippen LogP contribution in [0.4, 0.5) is 5.69 Å². The van der Waals surface area contributed by atoms with E-state index >= 15 is 0 Å². The van der Waals surface area contributed by atoms with Crippen LogP contribution >= 0.6 is 15.9 Å². The van der Waals surface area contributed by atoms with E-state index in [1.807, 2.05) is 6.07 Å². The lowest BCUT2D eigenvalue weighted by Gasteiger charge is -2.23. The molecule has 0 saturated carbocycles. The van der Waals surface area contributed by atoms with Crippen LogP contribution in [0.25, 0.3) is 0 Å². The topological polar surface area (TPSA) is 40.5 Å². The van der Waals surface area contributed by atoms with Crippen LogP contribution in [0.1, 0.15) is 49.4 Å². The second-order valence-corrected chi connectivity index (χ2v) is 6.49. The van der Waals surface area contributed by atoms with Crippen molar-refractivity contribution in [3.63, 3.8) is 0 Å². The molecule has 1 N–H and O–H groups in total. The van der Waals surface area contributed by atoms with Crippen molar-refractivity contribution in [3.8, 4) is 0 Å². The quantitative estimate of drug-likeness (QED) is 0.874. The lowest BCUT2D eigenvalue weighted by Crippen LogP contribution is -2.24. The minimum Gasteiger partial charge on any atom is -0.478 e. The van der Waals surface area contributed by atoms with Gasteiger partial charge < -0.3 is 10.0 Å². The Morgan fingerprint density at radius 1 is 1.35 bits per heavy atom. The predicted molar refractivity (Wildman–Crippen MR) is 85.6 cm³/mol. The Balaban J connectivity index is 2.13. The smallest absolute Gasteiger partial charge is 0.335 e. The van der Waals surface area contributed by atoms with Crippen LogP contribution in [0.2, 0.25) is 0 Å². The summed E-state index contributed by atoms with van der Waals surface area (Å²) < 4.78 is 0.835. The Morgan fingerprint density at radius 2 is 2.15 bits per heavy atom. The predicted octanol–water partition coefficient (Wildman–Crippen LogP) is 4.55. The molecule has 1 fully saturated rings. The van der Waals surface area contributed by atoms with Gasteiger partial charge in [0.25, 0.3) is 0 Å². The molecule has 110 valence electrons. The fraction of sp³-hybridized carbons (Fsp3) is 0.562. The number of nitrogens with zero attached hydrogens (tertiary/aromatic N) is 1. The monoisotopic (exact) mass is 339 g/mol. The number of carbonyl (C=O) groups is 1. The van der Waals surface area contributed by atoms with Crippen molar-refractivity contribution in [3.05, 3.63) is 28.2 Å². The summed E-state index contributed by atoms with van der Waals surface area (Å²) in [5, 5.41) is 9.16. The minimum atomic E-state index is -0.869. The third-order valence-electron chi connectivity index (χ3n) is 4.04. The number of hydrogen-bond acceptors (Lipinski definition) is 2. The van der Waals surface area contributed by atoms with Gasteiger partial charge in [0.2, 0.25) is 0 Å². The number of benzene rings is 1. The normalized spacial score (nSPS) is 19.7. The molecule has 2 rings (SSSR count). The van der Waals surface area contributed by atoms with E-state index in [1.54, 1.807) is 12.1 Å². The van der Waals surface area contributed by atoms with Crippen molar-refractivity contribution >= 4 is 27.6 Å². The molecule has 1 heterocycles. The van der Waals surface area contributed by atoms with E-state index in [0.29, 0.717) is 5.56 Å². The van der Waals surface area contributed by atoms with Crippen LogP contribution < -0.4 is 4.90 Å². The molecule has 1 aromatic rings. The van der Waals surface area contributed by atoms with Crippen molar-refractivity contribution in [1.29, 1.82) is 0 Å². The van der Waals surface area contributed by atoms with Gasteiger partial charge in [-0.1, -0.05) is 35.7 Å². The maximum absolute atomic E-state index is 11.2. The van der Waals surface area contributed by atoms with E-state index in [-0.39, 0.29) is 0 Å². The molecular formula is C16H22BrNO2. The van der Waals surface area contributed by atoms with Gasteiger partial charge in [-0.15, -0.1) is 0 Å². The van der Waals surface area contributed by atoms with Gasteiger partial charge >= 0.3 is 5.97 Å². The highest BCUT2D eigenvalue weighted by atomic mass is 79.9. The summed E-state index contributed by atoms with van der Waals surface area (Å²) >= 11 is 3.41. The van der Waals surface area contributed by atoms with Crippen LogP contribution in [0.5, 0.6) is 0 Å². The van der Waals surface area contributed by atoms with Crippen LogP contribution in [0.15, 0.2) is 22.7 Å². The summed E-state index contributed by atoms with van der Waals surface area (Å²) in [5.41, 5.74) is 1.37. The molecule has 0 amide bonds. The SMILES string of the molecule is CCCC1CCCN(c2cc(Br)cc(C(=O)O)c2)CC1. The highest BCUT2D eigenvalue weighted by molar-refractivity contribution is 9.10. The average molecular weight is 340 g/mol.